The van der Waals surface area contributed by atoms with E-state index in [1.807, 2.05) is 24.3 Å². The highest BCUT2D eigenvalue weighted by Crippen LogP contribution is 2.22. The molecule has 0 amide bonds. The van der Waals surface area contributed by atoms with Gasteiger partial charge in [0.15, 0.2) is 5.82 Å². The van der Waals surface area contributed by atoms with E-state index in [1.54, 1.807) is 4.68 Å². The van der Waals surface area contributed by atoms with Gasteiger partial charge in [0, 0.05) is 17.8 Å². The molecule has 0 spiro atoms. The van der Waals surface area contributed by atoms with Crippen LogP contribution in [0.2, 0.25) is 0 Å². The summed E-state index contributed by atoms with van der Waals surface area (Å²) in [4.78, 5) is 0. The number of benzene rings is 1. The molecule has 0 atom stereocenters. The molecule has 0 radical (unpaired) electrons. The lowest BCUT2D eigenvalue weighted by molar-refractivity contribution is 0.557. The summed E-state index contributed by atoms with van der Waals surface area (Å²) in [7, 11) is 0. The molecule has 16 heavy (non-hydrogen) atoms. The minimum Gasteiger partial charge on any atom is -0.398 e. The lowest BCUT2D eigenvalue weighted by atomic mass is 10.1. The molecule has 1 aromatic heterocycles. The van der Waals surface area contributed by atoms with Crippen LogP contribution in [-0.2, 0) is 6.54 Å². The van der Waals surface area contributed by atoms with Crippen LogP contribution in [0.1, 0.15) is 19.8 Å². The Bertz CT molecular complexity index is 463. The van der Waals surface area contributed by atoms with Gasteiger partial charge in [0.1, 0.15) is 0 Å². The minimum atomic E-state index is 0.704. The number of rotatable bonds is 4. The van der Waals surface area contributed by atoms with E-state index < -0.39 is 0 Å². The molecule has 0 aliphatic carbocycles. The molecule has 84 valence electrons. The first-order chi connectivity index (χ1) is 7.83. The normalized spacial score (nSPS) is 10.6. The second-order valence-electron chi connectivity index (χ2n) is 3.67. The molecule has 0 bridgehead atoms. The van der Waals surface area contributed by atoms with E-state index in [0.29, 0.717) is 5.69 Å². The number of nitrogens with two attached hydrogens (primary N) is 1. The Morgan fingerprint density at radius 3 is 2.88 bits per heavy atom. The molecular weight excluding hydrogens is 202 g/mol. The highest BCUT2D eigenvalue weighted by molar-refractivity contribution is 5.70. The first-order valence-corrected chi connectivity index (χ1v) is 5.44. The molecule has 5 nitrogen and oxygen atoms in total. The van der Waals surface area contributed by atoms with Crippen LogP contribution in [0.4, 0.5) is 5.69 Å². The summed E-state index contributed by atoms with van der Waals surface area (Å²) in [5.41, 5.74) is 7.50. The van der Waals surface area contributed by atoms with E-state index in [4.69, 9.17) is 5.73 Å². The van der Waals surface area contributed by atoms with E-state index in [2.05, 4.69) is 22.4 Å². The number of tetrazole rings is 1. The van der Waals surface area contributed by atoms with Crippen molar-refractivity contribution < 1.29 is 0 Å². The Hall–Kier alpha value is -1.91. The maximum absolute atomic E-state index is 5.90. The van der Waals surface area contributed by atoms with Crippen LogP contribution >= 0.6 is 0 Å². The molecule has 1 aromatic carbocycles. The van der Waals surface area contributed by atoms with Gasteiger partial charge in [-0.25, -0.2) is 4.68 Å². The number of unbranched alkanes of at least 4 members (excludes halogenated alkanes) is 1. The Morgan fingerprint density at radius 1 is 1.31 bits per heavy atom. The van der Waals surface area contributed by atoms with Crippen molar-refractivity contribution in [1.29, 1.82) is 0 Å². The number of para-hydroxylation sites is 1. The summed E-state index contributed by atoms with van der Waals surface area (Å²) < 4.78 is 1.80. The Kier molecular flexibility index (Phi) is 3.14. The van der Waals surface area contributed by atoms with Gasteiger partial charge in [0.2, 0.25) is 0 Å². The van der Waals surface area contributed by atoms with Crippen LogP contribution in [0, 0.1) is 0 Å². The van der Waals surface area contributed by atoms with Crippen LogP contribution < -0.4 is 5.73 Å². The number of hydrogen-bond acceptors (Lipinski definition) is 4. The third-order valence-corrected chi connectivity index (χ3v) is 2.46. The molecule has 1 heterocycles. The summed E-state index contributed by atoms with van der Waals surface area (Å²) in [5, 5.41) is 11.7. The van der Waals surface area contributed by atoms with Gasteiger partial charge in [-0.3, -0.25) is 0 Å². The summed E-state index contributed by atoms with van der Waals surface area (Å²) >= 11 is 0. The number of hydrogen-bond donors (Lipinski definition) is 1. The standard InChI is InChI=1S/C11H15N5/c1-2-3-8-16-11(13-14-15-16)9-6-4-5-7-10(9)12/h4-7H,2-3,8,12H2,1H3. The summed E-state index contributed by atoms with van der Waals surface area (Å²) in [6.07, 6.45) is 2.17. The lowest BCUT2D eigenvalue weighted by Gasteiger charge is -2.05. The summed E-state index contributed by atoms with van der Waals surface area (Å²) in [5.74, 6) is 0.742. The van der Waals surface area contributed by atoms with E-state index >= 15 is 0 Å². The van der Waals surface area contributed by atoms with Crippen molar-refractivity contribution in [3.8, 4) is 11.4 Å². The van der Waals surface area contributed by atoms with Gasteiger partial charge in [0.05, 0.1) is 0 Å². The van der Waals surface area contributed by atoms with Crippen molar-refractivity contribution in [1.82, 2.24) is 20.2 Å². The fourth-order valence-electron chi connectivity index (χ4n) is 1.56. The molecule has 2 rings (SSSR count). The molecule has 0 aliphatic heterocycles. The third kappa shape index (κ3) is 2.03. The number of nitrogens with zero attached hydrogens (tertiary/aromatic N) is 4. The molecule has 5 heteroatoms. The fraction of sp³-hybridized carbons (Fsp3) is 0.364. The molecular formula is C11H15N5. The number of aryl methyl sites for hydroxylation is 1. The summed E-state index contributed by atoms with van der Waals surface area (Å²) in [6, 6.07) is 7.63. The second-order valence-corrected chi connectivity index (χ2v) is 3.67. The average Bonchev–Trinajstić information content (AvgIpc) is 2.75. The highest BCUT2D eigenvalue weighted by atomic mass is 15.5. The van der Waals surface area contributed by atoms with Gasteiger partial charge in [0.25, 0.3) is 0 Å². The summed E-state index contributed by atoms with van der Waals surface area (Å²) in [6.45, 7) is 2.97. The maximum atomic E-state index is 5.90. The zero-order valence-electron chi connectivity index (χ0n) is 9.30. The number of aromatic nitrogens is 4. The van der Waals surface area contributed by atoms with Crippen LogP contribution in [0.25, 0.3) is 11.4 Å². The predicted octanol–water partition coefficient (Wildman–Crippen LogP) is 1.72. The first kappa shape index (κ1) is 10.6. The van der Waals surface area contributed by atoms with E-state index in [9.17, 15) is 0 Å². The third-order valence-electron chi connectivity index (χ3n) is 2.46. The van der Waals surface area contributed by atoms with E-state index in [1.165, 1.54) is 0 Å². The Morgan fingerprint density at radius 2 is 2.12 bits per heavy atom. The average molecular weight is 217 g/mol. The van der Waals surface area contributed by atoms with Crippen molar-refractivity contribution >= 4 is 5.69 Å². The topological polar surface area (TPSA) is 69.6 Å². The molecule has 2 N–H and O–H groups in total. The van der Waals surface area contributed by atoms with Gasteiger partial charge in [-0.15, -0.1) is 5.10 Å². The molecule has 0 unspecified atom stereocenters. The van der Waals surface area contributed by atoms with Gasteiger partial charge >= 0.3 is 0 Å². The molecule has 2 aromatic rings. The van der Waals surface area contributed by atoms with Crippen molar-refractivity contribution in [3.63, 3.8) is 0 Å². The van der Waals surface area contributed by atoms with Gasteiger partial charge in [-0.2, -0.15) is 0 Å². The van der Waals surface area contributed by atoms with Crippen LogP contribution in [0.15, 0.2) is 24.3 Å². The Labute approximate surface area is 94.3 Å². The van der Waals surface area contributed by atoms with E-state index in [0.717, 1.165) is 30.8 Å². The largest absolute Gasteiger partial charge is 0.398 e. The smallest absolute Gasteiger partial charge is 0.184 e. The lowest BCUT2D eigenvalue weighted by Crippen LogP contribution is -2.04. The minimum absolute atomic E-state index is 0.704. The van der Waals surface area contributed by atoms with Crippen molar-refractivity contribution in [2.24, 2.45) is 0 Å². The molecule has 0 fully saturated rings. The van der Waals surface area contributed by atoms with Gasteiger partial charge < -0.3 is 5.73 Å². The quantitative estimate of drug-likeness (QED) is 0.792. The van der Waals surface area contributed by atoms with Crippen LogP contribution in [-0.4, -0.2) is 20.2 Å². The van der Waals surface area contributed by atoms with Crippen LogP contribution in [0.5, 0.6) is 0 Å². The SMILES string of the molecule is CCCCn1nnnc1-c1ccccc1N. The molecule has 0 aliphatic rings. The first-order valence-electron chi connectivity index (χ1n) is 5.44. The monoisotopic (exact) mass is 217 g/mol. The number of nitrogen functional groups attached to an aromatic ring is 1. The molecule has 0 saturated heterocycles. The van der Waals surface area contributed by atoms with E-state index in [-0.39, 0.29) is 0 Å². The van der Waals surface area contributed by atoms with Crippen molar-refractivity contribution in [3.05, 3.63) is 24.3 Å². The zero-order valence-corrected chi connectivity index (χ0v) is 9.30. The predicted molar refractivity (Wildman–Crippen MR) is 62.6 cm³/mol. The Balaban J connectivity index is 2.33. The van der Waals surface area contributed by atoms with Crippen molar-refractivity contribution in [2.75, 3.05) is 5.73 Å². The fourth-order valence-corrected chi connectivity index (χ4v) is 1.56. The second kappa shape index (κ2) is 4.74. The molecule has 0 saturated carbocycles. The highest BCUT2D eigenvalue weighted by Gasteiger charge is 2.10. The van der Waals surface area contributed by atoms with Gasteiger partial charge in [-0.1, -0.05) is 25.5 Å². The van der Waals surface area contributed by atoms with Crippen LogP contribution in [0.3, 0.4) is 0 Å². The zero-order chi connectivity index (χ0) is 11.4. The number of anilines is 1. The maximum Gasteiger partial charge on any atom is 0.184 e. The van der Waals surface area contributed by atoms with Gasteiger partial charge in [-0.05, 0) is 29.0 Å². The van der Waals surface area contributed by atoms with Crippen molar-refractivity contribution in [2.45, 2.75) is 26.3 Å².